The molecule has 1 aromatic rings. The molecule has 0 radical (unpaired) electrons. The Bertz CT molecular complexity index is 342. The van der Waals surface area contributed by atoms with Crippen LogP contribution in [0.1, 0.15) is 25.5 Å². The van der Waals surface area contributed by atoms with Crippen molar-refractivity contribution in [1.82, 2.24) is 0 Å². The van der Waals surface area contributed by atoms with Crippen LogP contribution in [0.25, 0.3) is 0 Å². The minimum atomic E-state index is -0.490. The number of para-hydroxylation sites is 1. The van der Waals surface area contributed by atoms with Crippen LogP contribution in [0.5, 0.6) is 5.75 Å². The van der Waals surface area contributed by atoms with Crippen molar-refractivity contribution in [1.29, 1.82) is 0 Å². The molecule has 18 heavy (non-hydrogen) atoms. The van der Waals surface area contributed by atoms with E-state index >= 15 is 0 Å². The van der Waals surface area contributed by atoms with Crippen LogP contribution in [0.15, 0.2) is 24.3 Å². The summed E-state index contributed by atoms with van der Waals surface area (Å²) in [5.41, 5.74) is 0.849. The first-order valence-electron chi connectivity index (χ1n) is 6.15. The van der Waals surface area contributed by atoms with Gasteiger partial charge in [-0.15, -0.1) is 0 Å². The van der Waals surface area contributed by atoms with Crippen molar-refractivity contribution in [2.45, 2.75) is 25.2 Å². The topological polar surface area (TPSA) is 38.7 Å². The van der Waals surface area contributed by atoms with Crippen LogP contribution in [-0.4, -0.2) is 36.4 Å². The maximum atomic E-state index is 10.2. The van der Waals surface area contributed by atoms with Gasteiger partial charge in [-0.3, -0.25) is 0 Å². The minimum absolute atomic E-state index is 0.490. The van der Waals surface area contributed by atoms with Crippen molar-refractivity contribution in [2.24, 2.45) is 0 Å². The predicted molar refractivity (Wildman–Crippen MR) is 76.4 cm³/mol. The molecule has 4 heteroatoms. The van der Waals surface area contributed by atoms with Crippen LogP contribution in [0.2, 0.25) is 0 Å². The van der Waals surface area contributed by atoms with Crippen LogP contribution in [0, 0.1) is 0 Å². The van der Waals surface area contributed by atoms with E-state index in [4.69, 9.17) is 9.47 Å². The van der Waals surface area contributed by atoms with E-state index in [0.717, 1.165) is 11.3 Å². The Morgan fingerprint density at radius 3 is 2.61 bits per heavy atom. The van der Waals surface area contributed by atoms with E-state index < -0.39 is 6.10 Å². The Balaban J connectivity index is 2.62. The lowest BCUT2D eigenvalue weighted by Crippen LogP contribution is -2.09. The molecule has 0 amide bonds. The first-order valence-corrected chi connectivity index (χ1v) is 7.20. The summed E-state index contributed by atoms with van der Waals surface area (Å²) in [4.78, 5) is 0. The standard InChI is InChI=1S/C14H22O3S/c1-11(2)18-10-13(15)12-6-4-5-7-14(12)17-9-8-16-3/h4-7,11,13,15H,8-10H2,1-3H3. The van der Waals surface area contributed by atoms with Crippen LogP contribution in [-0.2, 0) is 4.74 Å². The molecular weight excluding hydrogens is 248 g/mol. The number of aliphatic hydroxyl groups is 1. The van der Waals surface area contributed by atoms with Crippen molar-refractivity contribution in [3.05, 3.63) is 29.8 Å². The molecule has 1 atom stereocenters. The number of benzene rings is 1. The number of thioether (sulfide) groups is 1. The summed E-state index contributed by atoms with van der Waals surface area (Å²) in [5.74, 6) is 1.42. The van der Waals surface area contributed by atoms with Crippen molar-refractivity contribution in [3.63, 3.8) is 0 Å². The number of aliphatic hydroxyl groups excluding tert-OH is 1. The van der Waals surface area contributed by atoms with Crippen molar-refractivity contribution in [2.75, 3.05) is 26.1 Å². The van der Waals surface area contributed by atoms with Crippen LogP contribution in [0.3, 0.4) is 0 Å². The summed E-state index contributed by atoms with van der Waals surface area (Å²) in [6, 6.07) is 7.62. The Kier molecular flexibility index (Phi) is 7.16. The lowest BCUT2D eigenvalue weighted by Gasteiger charge is -2.16. The van der Waals surface area contributed by atoms with Crippen LogP contribution in [0.4, 0.5) is 0 Å². The minimum Gasteiger partial charge on any atom is -0.491 e. The number of hydrogen-bond donors (Lipinski definition) is 1. The summed E-state index contributed by atoms with van der Waals surface area (Å²) < 4.78 is 10.6. The van der Waals surface area contributed by atoms with E-state index in [-0.39, 0.29) is 0 Å². The van der Waals surface area contributed by atoms with Gasteiger partial charge in [0.25, 0.3) is 0 Å². The van der Waals surface area contributed by atoms with Crippen molar-refractivity contribution >= 4 is 11.8 Å². The van der Waals surface area contributed by atoms with E-state index in [0.29, 0.717) is 24.2 Å². The third-order valence-electron chi connectivity index (χ3n) is 2.41. The second kappa shape index (κ2) is 8.40. The lowest BCUT2D eigenvalue weighted by atomic mass is 10.1. The highest BCUT2D eigenvalue weighted by Gasteiger charge is 2.13. The highest BCUT2D eigenvalue weighted by molar-refractivity contribution is 7.99. The first kappa shape index (κ1) is 15.3. The van der Waals surface area contributed by atoms with Gasteiger partial charge in [0.15, 0.2) is 0 Å². The number of ether oxygens (including phenoxy) is 2. The summed E-state index contributed by atoms with van der Waals surface area (Å²) in [7, 11) is 1.64. The molecule has 0 bridgehead atoms. The molecule has 0 aliphatic carbocycles. The van der Waals surface area contributed by atoms with E-state index in [1.54, 1.807) is 18.9 Å². The Morgan fingerprint density at radius 2 is 1.94 bits per heavy atom. The van der Waals surface area contributed by atoms with Gasteiger partial charge in [-0.05, 0) is 11.3 Å². The molecule has 1 aromatic carbocycles. The summed E-state index contributed by atoms with van der Waals surface area (Å²) in [5, 5.41) is 10.7. The number of rotatable bonds is 8. The van der Waals surface area contributed by atoms with E-state index in [1.807, 2.05) is 24.3 Å². The molecule has 0 saturated carbocycles. The molecule has 0 spiro atoms. The average Bonchev–Trinajstić information content (AvgIpc) is 2.37. The SMILES string of the molecule is COCCOc1ccccc1C(O)CSC(C)C. The highest BCUT2D eigenvalue weighted by Crippen LogP contribution is 2.28. The van der Waals surface area contributed by atoms with Crippen molar-refractivity contribution in [3.8, 4) is 5.75 Å². The Morgan fingerprint density at radius 1 is 1.22 bits per heavy atom. The van der Waals surface area contributed by atoms with Gasteiger partial charge in [0.1, 0.15) is 12.4 Å². The zero-order valence-electron chi connectivity index (χ0n) is 11.3. The van der Waals surface area contributed by atoms with Gasteiger partial charge >= 0.3 is 0 Å². The fraction of sp³-hybridized carbons (Fsp3) is 0.571. The molecule has 0 fully saturated rings. The van der Waals surface area contributed by atoms with Gasteiger partial charge in [-0.2, -0.15) is 11.8 Å². The molecule has 1 unspecified atom stereocenters. The molecule has 102 valence electrons. The molecule has 1 N–H and O–H groups in total. The maximum absolute atomic E-state index is 10.2. The maximum Gasteiger partial charge on any atom is 0.125 e. The Hall–Kier alpha value is -0.710. The predicted octanol–water partition coefficient (Wildman–Crippen LogP) is 2.89. The summed E-state index contributed by atoms with van der Waals surface area (Å²) in [6.07, 6.45) is -0.490. The lowest BCUT2D eigenvalue weighted by molar-refractivity contribution is 0.141. The fourth-order valence-electron chi connectivity index (χ4n) is 1.50. The average molecular weight is 270 g/mol. The molecule has 0 heterocycles. The monoisotopic (exact) mass is 270 g/mol. The van der Waals surface area contributed by atoms with E-state index in [2.05, 4.69) is 13.8 Å². The van der Waals surface area contributed by atoms with Crippen molar-refractivity contribution < 1.29 is 14.6 Å². The largest absolute Gasteiger partial charge is 0.491 e. The van der Waals surface area contributed by atoms with Gasteiger partial charge in [0.2, 0.25) is 0 Å². The molecular formula is C14H22O3S. The zero-order chi connectivity index (χ0) is 13.4. The van der Waals surface area contributed by atoms with Gasteiger partial charge < -0.3 is 14.6 Å². The Labute approximate surface area is 113 Å². The number of methoxy groups -OCH3 is 1. The highest BCUT2D eigenvalue weighted by atomic mass is 32.2. The van der Waals surface area contributed by atoms with Gasteiger partial charge in [0.05, 0.1) is 12.7 Å². The van der Waals surface area contributed by atoms with Crippen LogP contribution < -0.4 is 4.74 Å². The molecule has 0 saturated heterocycles. The third kappa shape index (κ3) is 5.29. The second-order valence-electron chi connectivity index (χ2n) is 4.28. The van der Waals surface area contributed by atoms with E-state index in [1.165, 1.54) is 0 Å². The van der Waals surface area contributed by atoms with Gasteiger partial charge in [-0.25, -0.2) is 0 Å². The second-order valence-corrected chi connectivity index (χ2v) is 5.89. The normalized spacial score (nSPS) is 12.7. The molecule has 3 nitrogen and oxygen atoms in total. The zero-order valence-corrected chi connectivity index (χ0v) is 12.1. The van der Waals surface area contributed by atoms with Gasteiger partial charge in [-0.1, -0.05) is 32.0 Å². The number of hydrogen-bond acceptors (Lipinski definition) is 4. The van der Waals surface area contributed by atoms with E-state index in [9.17, 15) is 5.11 Å². The molecule has 0 aliphatic heterocycles. The fourth-order valence-corrected chi connectivity index (χ4v) is 2.24. The molecule has 1 rings (SSSR count). The smallest absolute Gasteiger partial charge is 0.125 e. The third-order valence-corrected chi connectivity index (χ3v) is 3.59. The summed E-state index contributed by atoms with van der Waals surface area (Å²) in [6.45, 7) is 5.29. The van der Waals surface area contributed by atoms with Crippen LogP contribution >= 0.6 is 11.8 Å². The quantitative estimate of drug-likeness (QED) is 0.737. The molecule has 0 aliphatic rings. The van der Waals surface area contributed by atoms with Gasteiger partial charge in [0, 0.05) is 18.4 Å². The summed E-state index contributed by atoms with van der Waals surface area (Å²) >= 11 is 1.74. The first-order chi connectivity index (χ1) is 8.65. The molecule has 0 aromatic heterocycles.